The van der Waals surface area contributed by atoms with Crippen molar-refractivity contribution in [2.24, 2.45) is 0 Å². The molecule has 3 unspecified atom stereocenters. The summed E-state index contributed by atoms with van der Waals surface area (Å²) >= 11 is 0. The molecular weight excluding hydrogens is 988 g/mol. The van der Waals surface area contributed by atoms with Crippen LogP contribution in [0.2, 0.25) is 0 Å². The summed E-state index contributed by atoms with van der Waals surface area (Å²) < 4.78 is 30.7. The minimum absolute atomic E-state index is 0.0316. The summed E-state index contributed by atoms with van der Waals surface area (Å²) in [7, 11) is 1.47. The zero-order chi connectivity index (χ0) is 57.2. The Labute approximate surface area is 481 Å². The predicted molar refractivity (Wildman–Crippen MR) is 337 cm³/mol. The Morgan fingerprint density at radius 1 is 0.474 bits per heavy atom. The van der Waals surface area contributed by atoms with Gasteiger partial charge < -0.3 is 19.4 Å². The third-order valence-corrected chi connectivity index (χ3v) is 14.5. The molecule has 0 aliphatic heterocycles. The quantitative estimate of drug-likeness (QED) is 0.0156. The molecule has 10 heteroatoms. The fourth-order valence-corrected chi connectivity index (χ4v) is 9.41. The smallest absolute Gasteiger partial charge is 0.456 e. The summed E-state index contributed by atoms with van der Waals surface area (Å²) in [6.45, 7) is 6.75. The van der Waals surface area contributed by atoms with Crippen molar-refractivity contribution >= 4 is 19.7 Å². The van der Waals surface area contributed by atoms with Gasteiger partial charge in [0.15, 0.2) is 0 Å². The Bertz CT molecular complexity index is 1700. The van der Waals surface area contributed by atoms with Crippen molar-refractivity contribution in [1.82, 2.24) is 5.32 Å². The average molecular weight is 1110 g/mol. The number of ether oxygens (including phenoxy) is 1. The van der Waals surface area contributed by atoms with Crippen LogP contribution in [0.4, 0.5) is 0 Å². The number of unbranched alkanes of at least 4 members (excludes halogenated alkanes) is 26. The molecule has 0 aromatic carbocycles. The molecule has 0 aliphatic carbocycles. The van der Waals surface area contributed by atoms with Crippen LogP contribution in [-0.4, -0.2) is 74.3 Å². The highest BCUT2D eigenvalue weighted by atomic mass is 31.2. The lowest BCUT2D eigenvalue weighted by Gasteiger charge is -2.27. The van der Waals surface area contributed by atoms with Gasteiger partial charge in [-0.15, -0.1) is 0 Å². The number of phosphoric acid groups is 1. The van der Waals surface area contributed by atoms with Gasteiger partial charge in [-0.2, -0.15) is 0 Å². The number of phosphoric ester groups is 1. The number of hydrogen-bond acceptors (Lipinski definition) is 6. The summed E-state index contributed by atoms with van der Waals surface area (Å²) in [6.07, 6.45) is 78.0. The minimum atomic E-state index is -4.46. The molecule has 0 radical (unpaired) electrons. The average Bonchev–Trinajstić information content (AvgIpc) is 3.40. The van der Waals surface area contributed by atoms with Gasteiger partial charge in [0.05, 0.1) is 33.8 Å². The lowest BCUT2D eigenvalue weighted by Crippen LogP contribution is -2.47. The van der Waals surface area contributed by atoms with Crippen LogP contribution in [0, 0.1) is 0 Å². The lowest BCUT2D eigenvalue weighted by atomic mass is 10.0. The van der Waals surface area contributed by atoms with E-state index in [1.807, 2.05) is 33.3 Å². The van der Waals surface area contributed by atoms with E-state index in [0.29, 0.717) is 17.4 Å². The van der Waals surface area contributed by atoms with Gasteiger partial charge in [0.25, 0.3) is 0 Å². The van der Waals surface area contributed by atoms with E-state index in [0.717, 1.165) is 122 Å². The first-order chi connectivity index (χ1) is 37.9. The highest BCUT2D eigenvalue weighted by Gasteiger charge is 2.30. The van der Waals surface area contributed by atoms with Crippen molar-refractivity contribution < 1.29 is 37.3 Å². The number of nitrogens with one attached hydrogen (secondary N) is 1. The SMILES string of the molecule is CC/C=C\C/C=C\C/C=C\C/C=C\C/C=C\CCCCCCCCCCCC(=O)NC(COP(=O)(O)OCC[N+](C)(C)C)C(/C=C\CCCCCCCCCCCC)OC(=O)CCCCCCCCC/C=C/C=C/C=C/CC. The molecule has 0 saturated heterocycles. The molecule has 3 atom stereocenters. The van der Waals surface area contributed by atoms with Crippen LogP contribution < -0.4 is 5.32 Å². The van der Waals surface area contributed by atoms with E-state index in [4.69, 9.17) is 13.8 Å². The second-order valence-corrected chi connectivity index (χ2v) is 23.7. The van der Waals surface area contributed by atoms with E-state index < -0.39 is 20.0 Å². The topological polar surface area (TPSA) is 111 Å². The van der Waals surface area contributed by atoms with Gasteiger partial charge >= 0.3 is 13.8 Å². The van der Waals surface area contributed by atoms with Crippen LogP contribution in [0.25, 0.3) is 0 Å². The molecule has 9 nitrogen and oxygen atoms in total. The number of likely N-dealkylation sites (N-methyl/N-ethyl adjacent to an activating group) is 1. The first-order valence-electron chi connectivity index (χ1n) is 31.7. The van der Waals surface area contributed by atoms with Gasteiger partial charge in [-0.05, 0) is 96.0 Å². The molecule has 0 fully saturated rings. The Kier molecular flexibility index (Phi) is 54.5. The van der Waals surface area contributed by atoms with Gasteiger partial charge in [0.1, 0.15) is 19.3 Å². The number of carbonyl (C=O) groups excluding carboxylic acids is 2. The van der Waals surface area contributed by atoms with Crippen LogP contribution in [-0.2, 0) is 27.9 Å². The standard InChI is InChI=1S/C68H119N2O7P/c1-7-10-13-16-19-22-25-28-30-31-32-33-34-35-36-37-38-39-41-42-45-48-51-54-57-60-67(71)69-65(64-76-78(73,74)75-63-62-70(4,5)6)66(59-56-53-50-47-44-27-24-21-18-15-12-9-3)77-68(72)61-58-55-52-49-46-43-40-29-26-23-20-17-14-11-8-2/h10-11,13-14,17,19-20,22-23,26,28,30,32-33,35-36,56,59,65-66H,7-9,12,15-16,18,21,24-25,27,29,31,34,37-55,57-58,60-64H2,1-6H3,(H-,69,71,73,74)/p+1/b13-10-,14-11+,20-17+,22-19-,26-23+,30-28-,33-32-,36-35-,59-56-. The van der Waals surface area contributed by atoms with E-state index in [1.165, 1.54) is 103 Å². The second kappa shape index (κ2) is 56.9. The van der Waals surface area contributed by atoms with Crippen LogP contribution in [0.1, 0.15) is 258 Å². The number of carbonyl (C=O) groups is 2. The van der Waals surface area contributed by atoms with Gasteiger partial charge in [0.2, 0.25) is 5.91 Å². The van der Waals surface area contributed by atoms with Crippen molar-refractivity contribution in [2.75, 3.05) is 40.9 Å². The number of amides is 1. The number of nitrogens with zero attached hydrogens (tertiary/aromatic N) is 1. The summed E-state index contributed by atoms with van der Waals surface area (Å²) in [5.41, 5.74) is 0. The third kappa shape index (κ3) is 57.4. The van der Waals surface area contributed by atoms with Gasteiger partial charge in [-0.3, -0.25) is 18.6 Å². The predicted octanol–water partition coefficient (Wildman–Crippen LogP) is 19.7. The van der Waals surface area contributed by atoms with Crippen molar-refractivity contribution in [3.05, 3.63) is 109 Å². The van der Waals surface area contributed by atoms with E-state index in [1.54, 1.807) is 0 Å². The number of hydrogen-bond donors (Lipinski definition) is 2. The maximum absolute atomic E-state index is 13.6. The van der Waals surface area contributed by atoms with E-state index in [-0.39, 0.29) is 31.5 Å². The van der Waals surface area contributed by atoms with Crippen molar-refractivity contribution in [1.29, 1.82) is 0 Å². The van der Waals surface area contributed by atoms with Crippen LogP contribution in [0.15, 0.2) is 109 Å². The zero-order valence-corrected chi connectivity index (χ0v) is 52.0. The highest BCUT2D eigenvalue weighted by Crippen LogP contribution is 2.43. The van der Waals surface area contributed by atoms with Gasteiger partial charge in [-0.1, -0.05) is 259 Å². The zero-order valence-electron chi connectivity index (χ0n) is 51.1. The second-order valence-electron chi connectivity index (χ2n) is 22.2. The molecule has 0 bridgehead atoms. The molecule has 2 N–H and O–H groups in total. The molecule has 0 aromatic rings. The Morgan fingerprint density at radius 3 is 1.37 bits per heavy atom. The Hall–Kier alpha value is -3.33. The first kappa shape index (κ1) is 74.7. The highest BCUT2D eigenvalue weighted by molar-refractivity contribution is 7.47. The molecule has 0 rings (SSSR count). The summed E-state index contributed by atoms with van der Waals surface area (Å²) in [5.74, 6) is -0.530. The van der Waals surface area contributed by atoms with Gasteiger partial charge in [0, 0.05) is 12.8 Å². The number of allylic oxidation sites excluding steroid dienone is 17. The van der Waals surface area contributed by atoms with Crippen LogP contribution >= 0.6 is 7.82 Å². The molecule has 0 heterocycles. The van der Waals surface area contributed by atoms with Crippen molar-refractivity contribution in [3.63, 3.8) is 0 Å². The minimum Gasteiger partial charge on any atom is -0.456 e. The largest absolute Gasteiger partial charge is 0.472 e. The van der Waals surface area contributed by atoms with E-state index in [2.05, 4.69) is 123 Å². The molecule has 0 aromatic heterocycles. The molecule has 78 heavy (non-hydrogen) atoms. The van der Waals surface area contributed by atoms with Crippen molar-refractivity contribution in [3.8, 4) is 0 Å². The van der Waals surface area contributed by atoms with E-state index >= 15 is 0 Å². The lowest BCUT2D eigenvalue weighted by molar-refractivity contribution is -0.870. The first-order valence-corrected chi connectivity index (χ1v) is 33.2. The number of esters is 1. The third-order valence-electron chi connectivity index (χ3n) is 13.5. The van der Waals surface area contributed by atoms with E-state index in [9.17, 15) is 19.0 Å². The summed E-state index contributed by atoms with van der Waals surface area (Å²) in [5, 5.41) is 3.05. The number of rotatable bonds is 56. The molecule has 0 aliphatic rings. The Balaban J connectivity index is 5.18. The maximum atomic E-state index is 13.6. The monoisotopic (exact) mass is 1110 g/mol. The number of quaternary nitrogens is 1. The van der Waals surface area contributed by atoms with Gasteiger partial charge in [-0.25, -0.2) is 4.57 Å². The van der Waals surface area contributed by atoms with Crippen LogP contribution in [0.3, 0.4) is 0 Å². The normalized spacial score (nSPS) is 14.4. The molecule has 1 amide bonds. The molecule has 0 spiro atoms. The fraction of sp³-hybridized carbons (Fsp3) is 0.706. The summed E-state index contributed by atoms with van der Waals surface area (Å²) in [4.78, 5) is 37.7. The molecule has 448 valence electrons. The summed E-state index contributed by atoms with van der Waals surface area (Å²) in [6, 6.07) is -0.863. The Morgan fingerprint density at radius 2 is 0.885 bits per heavy atom. The molecular formula is C68H120N2O7P+. The van der Waals surface area contributed by atoms with Crippen molar-refractivity contribution in [2.45, 2.75) is 270 Å². The maximum Gasteiger partial charge on any atom is 0.472 e. The fourth-order valence-electron chi connectivity index (χ4n) is 8.67. The van der Waals surface area contributed by atoms with Crippen LogP contribution in [0.5, 0.6) is 0 Å². The molecule has 0 saturated carbocycles.